The Hall–Kier alpha value is -2.36. The number of rotatable bonds is 3. The Kier molecular flexibility index (Phi) is 3.05. The molecule has 0 aliphatic heterocycles. The summed E-state index contributed by atoms with van der Waals surface area (Å²) in [4.78, 5) is 17.1. The SMILES string of the molecule is CN(c1ccccc1)c1ccc(C(N)=O)cn1. The van der Waals surface area contributed by atoms with Crippen molar-refractivity contribution in [3.63, 3.8) is 0 Å². The lowest BCUT2D eigenvalue weighted by Crippen LogP contribution is -2.14. The molecule has 1 amide bonds. The van der Waals surface area contributed by atoms with Crippen molar-refractivity contribution < 1.29 is 4.79 Å². The van der Waals surface area contributed by atoms with Crippen LogP contribution in [0.4, 0.5) is 11.5 Å². The van der Waals surface area contributed by atoms with E-state index >= 15 is 0 Å². The molecule has 0 spiro atoms. The van der Waals surface area contributed by atoms with Crippen molar-refractivity contribution in [2.45, 2.75) is 0 Å². The molecule has 1 aromatic heterocycles. The summed E-state index contributed by atoms with van der Waals surface area (Å²) >= 11 is 0. The van der Waals surface area contributed by atoms with Crippen LogP contribution in [0.15, 0.2) is 48.7 Å². The lowest BCUT2D eigenvalue weighted by Gasteiger charge is -2.18. The summed E-state index contributed by atoms with van der Waals surface area (Å²) in [7, 11) is 1.92. The molecular formula is C13H13N3O. The fourth-order valence-corrected chi connectivity index (χ4v) is 1.51. The summed E-state index contributed by atoms with van der Waals surface area (Å²) in [5.74, 6) is 0.299. The van der Waals surface area contributed by atoms with Gasteiger partial charge in [0, 0.05) is 18.9 Å². The summed E-state index contributed by atoms with van der Waals surface area (Å²) < 4.78 is 0. The number of amides is 1. The minimum Gasteiger partial charge on any atom is -0.366 e. The molecule has 0 saturated heterocycles. The van der Waals surface area contributed by atoms with Gasteiger partial charge in [0.1, 0.15) is 5.82 Å². The summed E-state index contributed by atoms with van der Waals surface area (Å²) in [6.07, 6.45) is 1.48. The van der Waals surface area contributed by atoms with Gasteiger partial charge < -0.3 is 10.6 Å². The number of anilines is 2. The Morgan fingerprint density at radius 2 is 1.88 bits per heavy atom. The van der Waals surface area contributed by atoms with Crippen LogP contribution in [-0.4, -0.2) is 17.9 Å². The molecule has 1 aromatic carbocycles. The first kappa shape index (κ1) is 11.1. The molecule has 0 aliphatic rings. The molecular weight excluding hydrogens is 214 g/mol. The first-order chi connectivity index (χ1) is 8.18. The van der Waals surface area contributed by atoms with E-state index in [-0.39, 0.29) is 0 Å². The zero-order valence-corrected chi connectivity index (χ0v) is 9.50. The molecule has 0 aliphatic carbocycles. The maximum absolute atomic E-state index is 10.9. The van der Waals surface area contributed by atoms with Crippen molar-refractivity contribution in [2.75, 3.05) is 11.9 Å². The smallest absolute Gasteiger partial charge is 0.250 e. The van der Waals surface area contributed by atoms with Gasteiger partial charge >= 0.3 is 0 Å². The number of nitrogens with zero attached hydrogens (tertiary/aromatic N) is 2. The van der Waals surface area contributed by atoms with Gasteiger partial charge in [-0.1, -0.05) is 18.2 Å². The van der Waals surface area contributed by atoms with Crippen molar-refractivity contribution in [1.29, 1.82) is 0 Å². The molecule has 0 unspecified atom stereocenters. The van der Waals surface area contributed by atoms with E-state index in [0.717, 1.165) is 11.5 Å². The second-order valence-electron chi connectivity index (χ2n) is 3.66. The molecule has 0 fully saturated rings. The van der Waals surface area contributed by atoms with Crippen molar-refractivity contribution in [1.82, 2.24) is 4.98 Å². The predicted molar refractivity (Wildman–Crippen MR) is 67.3 cm³/mol. The fourth-order valence-electron chi connectivity index (χ4n) is 1.51. The van der Waals surface area contributed by atoms with Crippen molar-refractivity contribution in [2.24, 2.45) is 5.73 Å². The van der Waals surface area contributed by atoms with Crippen LogP contribution in [0.2, 0.25) is 0 Å². The molecule has 0 bridgehead atoms. The summed E-state index contributed by atoms with van der Waals surface area (Å²) in [5.41, 5.74) is 6.60. The van der Waals surface area contributed by atoms with Gasteiger partial charge in [0.15, 0.2) is 0 Å². The van der Waals surface area contributed by atoms with Crippen LogP contribution >= 0.6 is 0 Å². The van der Waals surface area contributed by atoms with Gasteiger partial charge in [-0.25, -0.2) is 4.98 Å². The molecule has 1 heterocycles. The molecule has 0 radical (unpaired) electrons. The van der Waals surface area contributed by atoms with E-state index in [1.807, 2.05) is 42.3 Å². The highest BCUT2D eigenvalue weighted by Gasteiger charge is 2.06. The van der Waals surface area contributed by atoms with Gasteiger partial charge in [0.05, 0.1) is 5.56 Å². The maximum Gasteiger partial charge on any atom is 0.250 e. The molecule has 0 saturated carbocycles. The van der Waals surface area contributed by atoms with Crippen LogP contribution in [0.1, 0.15) is 10.4 Å². The van der Waals surface area contributed by atoms with Gasteiger partial charge in [0.2, 0.25) is 5.91 Å². The lowest BCUT2D eigenvalue weighted by molar-refractivity contribution is 0.1000. The molecule has 2 N–H and O–H groups in total. The van der Waals surface area contributed by atoms with Gasteiger partial charge in [0.25, 0.3) is 0 Å². The van der Waals surface area contributed by atoms with Crippen molar-refractivity contribution in [3.8, 4) is 0 Å². The highest BCUT2D eigenvalue weighted by molar-refractivity contribution is 5.92. The van der Waals surface area contributed by atoms with Gasteiger partial charge in [-0.15, -0.1) is 0 Å². The highest BCUT2D eigenvalue weighted by atomic mass is 16.1. The van der Waals surface area contributed by atoms with E-state index in [1.165, 1.54) is 6.20 Å². The van der Waals surface area contributed by atoms with Crippen LogP contribution in [-0.2, 0) is 0 Å². The summed E-state index contributed by atoms with van der Waals surface area (Å²) in [6, 6.07) is 13.3. The second kappa shape index (κ2) is 4.65. The quantitative estimate of drug-likeness (QED) is 0.871. The zero-order valence-electron chi connectivity index (χ0n) is 9.50. The van der Waals surface area contributed by atoms with Crippen LogP contribution in [0.25, 0.3) is 0 Å². The Balaban J connectivity index is 2.26. The van der Waals surface area contributed by atoms with Crippen LogP contribution < -0.4 is 10.6 Å². The Bertz CT molecular complexity index is 508. The standard InChI is InChI=1S/C13H13N3O/c1-16(11-5-3-2-4-6-11)12-8-7-10(9-15-12)13(14)17/h2-9H,1H3,(H2,14,17). The van der Waals surface area contributed by atoms with Gasteiger partial charge in [-0.05, 0) is 24.3 Å². The van der Waals surface area contributed by atoms with E-state index < -0.39 is 5.91 Å². The first-order valence-corrected chi connectivity index (χ1v) is 5.23. The Morgan fingerprint density at radius 3 is 2.41 bits per heavy atom. The number of carbonyl (C=O) groups is 1. The van der Waals surface area contributed by atoms with E-state index in [0.29, 0.717) is 5.56 Å². The lowest BCUT2D eigenvalue weighted by atomic mass is 10.2. The fraction of sp³-hybridized carbons (Fsp3) is 0.0769. The zero-order chi connectivity index (χ0) is 12.3. The third kappa shape index (κ3) is 2.42. The predicted octanol–water partition coefficient (Wildman–Crippen LogP) is 1.95. The van der Waals surface area contributed by atoms with Crippen LogP contribution in [0, 0.1) is 0 Å². The van der Waals surface area contributed by atoms with E-state index in [4.69, 9.17) is 5.73 Å². The largest absolute Gasteiger partial charge is 0.366 e. The topological polar surface area (TPSA) is 59.2 Å². The van der Waals surface area contributed by atoms with Crippen LogP contribution in [0.3, 0.4) is 0 Å². The van der Waals surface area contributed by atoms with Gasteiger partial charge in [-0.3, -0.25) is 4.79 Å². The average molecular weight is 227 g/mol. The van der Waals surface area contributed by atoms with E-state index in [2.05, 4.69) is 4.98 Å². The number of benzene rings is 1. The van der Waals surface area contributed by atoms with Crippen molar-refractivity contribution >= 4 is 17.4 Å². The van der Waals surface area contributed by atoms with E-state index in [1.54, 1.807) is 12.1 Å². The molecule has 4 nitrogen and oxygen atoms in total. The number of hydrogen-bond donors (Lipinski definition) is 1. The molecule has 17 heavy (non-hydrogen) atoms. The third-order valence-electron chi connectivity index (χ3n) is 2.52. The Labute approximate surface area is 99.7 Å². The number of para-hydroxylation sites is 1. The number of primary amides is 1. The molecule has 86 valence electrons. The summed E-state index contributed by atoms with van der Waals surface area (Å²) in [6.45, 7) is 0. The van der Waals surface area contributed by atoms with Crippen molar-refractivity contribution in [3.05, 3.63) is 54.2 Å². The molecule has 4 heteroatoms. The third-order valence-corrected chi connectivity index (χ3v) is 2.52. The Morgan fingerprint density at radius 1 is 1.18 bits per heavy atom. The molecule has 2 rings (SSSR count). The average Bonchev–Trinajstić information content (AvgIpc) is 2.39. The van der Waals surface area contributed by atoms with E-state index in [9.17, 15) is 4.79 Å². The van der Waals surface area contributed by atoms with Crippen LogP contribution in [0.5, 0.6) is 0 Å². The van der Waals surface area contributed by atoms with Gasteiger partial charge in [-0.2, -0.15) is 0 Å². The number of hydrogen-bond acceptors (Lipinski definition) is 3. The maximum atomic E-state index is 10.9. The monoisotopic (exact) mass is 227 g/mol. The number of pyridine rings is 1. The minimum atomic E-state index is -0.466. The number of nitrogens with two attached hydrogens (primary N) is 1. The minimum absolute atomic E-state index is 0.412. The highest BCUT2D eigenvalue weighted by Crippen LogP contribution is 2.20. The number of aromatic nitrogens is 1. The second-order valence-corrected chi connectivity index (χ2v) is 3.66. The summed E-state index contributed by atoms with van der Waals surface area (Å²) in [5, 5.41) is 0. The normalized spacial score (nSPS) is 9.94. The molecule has 0 atom stereocenters. The molecule has 2 aromatic rings. The number of carbonyl (C=O) groups excluding carboxylic acids is 1. The first-order valence-electron chi connectivity index (χ1n) is 5.23.